The third kappa shape index (κ3) is 5.88. The lowest BCUT2D eigenvalue weighted by Crippen LogP contribution is -2.25. The minimum atomic E-state index is -1.29. The zero-order valence-electron chi connectivity index (χ0n) is 17.7. The third-order valence-electron chi connectivity index (χ3n) is 4.65. The number of rotatable bonds is 10. The molecule has 164 valence electrons. The van der Waals surface area contributed by atoms with Gasteiger partial charge in [-0.3, -0.25) is 9.00 Å². The van der Waals surface area contributed by atoms with E-state index in [9.17, 15) is 9.00 Å². The Morgan fingerprint density at radius 3 is 2.32 bits per heavy atom. The summed E-state index contributed by atoms with van der Waals surface area (Å²) < 4.78 is 33.8. The van der Waals surface area contributed by atoms with Gasteiger partial charge in [0.05, 0.1) is 37.9 Å². The predicted molar refractivity (Wildman–Crippen MR) is 117 cm³/mol. The largest absolute Gasteiger partial charge is 0.497 e. The second kappa shape index (κ2) is 10.7. The highest BCUT2D eigenvalue weighted by atomic mass is 32.2. The van der Waals surface area contributed by atoms with E-state index in [2.05, 4.69) is 5.32 Å². The van der Waals surface area contributed by atoms with Gasteiger partial charge in [-0.25, -0.2) is 0 Å². The molecule has 1 atom stereocenters. The number of hydrogen-bond acceptors (Lipinski definition) is 6. The summed E-state index contributed by atoms with van der Waals surface area (Å²) in [6.07, 6.45) is 0.571. The van der Waals surface area contributed by atoms with Gasteiger partial charge in [0.2, 0.25) is 0 Å². The number of hydrogen-bond donors (Lipinski definition) is 1. The molecule has 3 aromatic rings. The van der Waals surface area contributed by atoms with Gasteiger partial charge in [0, 0.05) is 11.4 Å². The molecule has 8 heteroatoms. The first kappa shape index (κ1) is 22.4. The Bertz CT molecular complexity index is 1040. The molecule has 0 saturated carbocycles. The second-order valence-electron chi connectivity index (χ2n) is 6.62. The Morgan fingerprint density at radius 1 is 0.935 bits per heavy atom. The van der Waals surface area contributed by atoms with Crippen molar-refractivity contribution in [2.45, 2.75) is 17.1 Å². The van der Waals surface area contributed by atoms with Gasteiger partial charge in [-0.2, -0.15) is 0 Å². The highest BCUT2D eigenvalue weighted by Crippen LogP contribution is 2.24. The molecule has 0 fully saturated rings. The lowest BCUT2D eigenvalue weighted by Gasteiger charge is -2.10. The van der Waals surface area contributed by atoms with Crippen LogP contribution >= 0.6 is 0 Å². The van der Waals surface area contributed by atoms with E-state index in [1.807, 2.05) is 18.2 Å². The van der Waals surface area contributed by atoms with Gasteiger partial charge < -0.3 is 23.9 Å². The van der Waals surface area contributed by atoms with E-state index in [0.29, 0.717) is 29.4 Å². The molecule has 0 spiro atoms. The van der Waals surface area contributed by atoms with Crippen molar-refractivity contribution >= 4 is 16.7 Å². The number of methoxy groups -OCH3 is 3. The molecular formula is C23H25NO6S. The van der Waals surface area contributed by atoms with Crippen LogP contribution in [0.5, 0.6) is 17.2 Å². The van der Waals surface area contributed by atoms with Crippen LogP contribution in [0.3, 0.4) is 0 Å². The number of carbonyl (C=O) groups excluding carboxylic acids is 1. The Balaban J connectivity index is 1.55. The maximum absolute atomic E-state index is 12.5. The van der Waals surface area contributed by atoms with Crippen LogP contribution in [0.15, 0.2) is 63.9 Å². The predicted octanol–water partition coefficient (Wildman–Crippen LogP) is 3.59. The fourth-order valence-electron chi connectivity index (χ4n) is 2.99. The molecule has 0 aliphatic rings. The Hall–Kier alpha value is -3.26. The molecule has 0 aliphatic carbocycles. The van der Waals surface area contributed by atoms with Crippen LogP contribution in [0.4, 0.5) is 0 Å². The first-order chi connectivity index (χ1) is 15.0. The van der Waals surface area contributed by atoms with Crippen LogP contribution in [0.1, 0.15) is 21.9 Å². The molecule has 0 aliphatic heterocycles. The Kier molecular flexibility index (Phi) is 7.72. The van der Waals surface area contributed by atoms with Gasteiger partial charge in [0.25, 0.3) is 5.91 Å². The summed E-state index contributed by atoms with van der Waals surface area (Å²) in [6, 6.07) is 15.8. The zero-order chi connectivity index (χ0) is 22.2. The lowest BCUT2D eigenvalue weighted by molar-refractivity contribution is 0.0925. The number of ether oxygens (including phenoxy) is 3. The fraction of sp³-hybridized carbons (Fsp3) is 0.261. The van der Waals surface area contributed by atoms with Crippen LogP contribution in [0, 0.1) is 0 Å². The normalized spacial score (nSPS) is 11.6. The molecule has 31 heavy (non-hydrogen) atoms. The summed E-state index contributed by atoms with van der Waals surface area (Å²) in [7, 11) is 3.49. The summed E-state index contributed by atoms with van der Waals surface area (Å²) in [5.41, 5.74) is 0.928. The zero-order valence-corrected chi connectivity index (χ0v) is 18.5. The van der Waals surface area contributed by atoms with E-state index in [0.717, 1.165) is 17.1 Å². The van der Waals surface area contributed by atoms with Crippen LogP contribution < -0.4 is 19.5 Å². The molecule has 2 aromatic carbocycles. The number of carbonyl (C=O) groups is 1. The van der Waals surface area contributed by atoms with E-state index in [1.54, 1.807) is 57.7 Å². The summed E-state index contributed by atoms with van der Waals surface area (Å²) in [6.45, 7) is 0.399. The molecule has 0 saturated heterocycles. The Labute approximate surface area is 183 Å². The van der Waals surface area contributed by atoms with Gasteiger partial charge in [-0.1, -0.05) is 0 Å². The van der Waals surface area contributed by atoms with Crippen molar-refractivity contribution < 1.29 is 27.6 Å². The molecule has 0 radical (unpaired) electrons. The first-order valence-corrected chi connectivity index (χ1v) is 11.0. The third-order valence-corrected chi connectivity index (χ3v) is 5.99. The second-order valence-corrected chi connectivity index (χ2v) is 8.07. The molecule has 1 amide bonds. The van der Waals surface area contributed by atoms with Crippen LogP contribution in [0.2, 0.25) is 0 Å². The number of benzene rings is 2. The average molecular weight is 444 g/mol. The van der Waals surface area contributed by atoms with Gasteiger partial charge in [0.1, 0.15) is 23.0 Å². The minimum Gasteiger partial charge on any atom is -0.497 e. The summed E-state index contributed by atoms with van der Waals surface area (Å²) in [5.74, 6) is 2.67. The molecule has 0 bridgehead atoms. The van der Waals surface area contributed by atoms with E-state index >= 15 is 0 Å². The first-order valence-electron chi connectivity index (χ1n) is 9.64. The van der Waals surface area contributed by atoms with Crippen molar-refractivity contribution in [1.82, 2.24) is 5.32 Å². The van der Waals surface area contributed by atoms with Crippen molar-refractivity contribution in [3.63, 3.8) is 0 Å². The highest BCUT2D eigenvalue weighted by molar-refractivity contribution is 7.84. The maximum Gasteiger partial charge on any atom is 0.287 e. The van der Waals surface area contributed by atoms with Crippen LogP contribution in [-0.4, -0.2) is 38.0 Å². The molecule has 1 aromatic heterocycles. The van der Waals surface area contributed by atoms with E-state index in [1.165, 1.54) is 0 Å². The minimum absolute atomic E-state index is 0.180. The topological polar surface area (TPSA) is 87.0 Å². The molecular weight excluding hydrogens is 418 g/mol. The van der Waals surface area contributed by atoms with Crippen LogP contribution in [0.25, 0.3) is 0 Å². The van der Waals surface area contributed by atoms with Gasteiger partial charge in [-0.15, -0.1) is 0 Å². The van der Waals surface area contributed by atoms with Crippen LogP contribution in [-0.2, 0) is 23.0 Å². The Morgan fingerprint density at radius 2 is 1.65 bits per heavy atom. The highest BCUT2D eigenvalue weighted by Gasteiger charge is 2.14. The summed E-state index contributed by atoms with van der Waals surface area (Å²) >= 11 is 0. The average Bonchev–Trinajstić information content (AvgIpc) is 3.27. The SMILES string of the molecule is COc1ccc([S@](=O)Cc2ccc(C(=O)NCCc3cc(OC)ccc3OC)o2)cc1. The molecule has 0 unspecified atom stereocenters. The monoisotopic (exact) mass is 443 g/mol. The van der Waals surface area contributed by atoms with E-state index in [4.69, 9.17) is 18.6 Å². The number of nitrogens with one attached hydrogen (secondary N) is 1. The molecule has 3 rings (SSSR count). The van der Waals surface area contributed by atoms with Gasteiger partial charge in [0.15, 0.2) is 5.76 Å². The number of furan rings is 1. The van der Waals surface area contributed by atoms with E-state index < -0.39 is 10.8 Å². The summed E-state index contributed by atoms with van der Waals surface area (Å²) in [4.78, 5) is 13.1. The summed E-state index contributed by atoms with van der Waals surface area (Å²) in [5, 5.41) is 2.83. The quantitative estimate of drug-likeness (QED) is 0.515. The van der Waals surface area contributed by atoms with Crippen molar-refractivity contribution in [2.24, 2.45) is 0 Å². The molecule has 1 heterocycles. The maximum atomic E-state index is 12.5. The fourth-order valence-corrected chi connectivity index (χ4v) is 4.01. The van der Waals surface area contributed by atoms with E-state index in [-0.39, 0.29) is 17.4 Å². The standard InChI is InChI=1S/C23H25NO6S/c1-27-17-4-8-20(9-5-17)31(26)15-19-7-11-22(30-19)23(25)24-13-12-16-14-18(28-2)6-10-21(16)29-3/h4-11,14H,12-13,15H2,1-3H3,(H,24,25)/t31-/m1/s1. The molecule has 1 N–H and O–H groups in total. The van der Waals surface area contributed by atoms with Gasteiger partial charge in [-0.05, 0) is 66.6 Å². The van der Waals surface area contributed by atoms with Crippen molar-refractivity contribution in [1.29, 1.82) is 0 Å². The van der Waals surface area contributed by atoms with Gasteiger partial charge >= 0.3 is 0 Å². The van der Waals surface area contributed by atoms with Crippen molar-refractivity contribution in [3.8, 4) is 17.2 Å². The number of amides is 1. The molecule has 7 nitrogen and oxygen atoms in total. The van der Waals surface area contributed by atoms with Crippen molar-refractivity contribution in [3.05, 3.63) is 71.7 Å². The smallest absolute Gasteiger partial charge is 0.287 e. The lowest BCUT2D eigenvalue weighted by atomic mass is 10.1. The van der Waals surface area contributed by atoms with Crippen molar-refractivity contribution in [2.75, 3.05) is 27.9 Å².